The zero-order valence-corrected chi connectivity index (χ0v) is 10.3. The highest BCUT2D eigenvalue weighted by Gasteiger charge is 2.27. The molecule has 0 saturated heterocycles. The molecule has 0 spiro atoms. The molecule has 0 heterocycles. The van der Waals surface area contributed by atoms with Crippen molar-refractivity contribution in [2.24, 2.45) is 0 Å². The number of hydrogen-bond acceptors (Lipinski definition) is 3. The second-order valence-electron chi connectivity index (χ2n) is 2.60. The molecule has 9 heteroatoms. The van der Waals surface area contributed by atoms with Crippen molar-refractivity contribution >= 4 is 48.9 Å². The summed E-state index contributed by atoms with van der Waals surface area (Å²) in [4.78, 5) is 9.60. The van der Waals surface area contributed by atoms with Crippen LogP contribution < -0.4 is 0 Å². The molecular formula is C7H2Cl3FO4S. The summed E-state index contributed by atoms with van der Waals surface area (Å²) in [6.07, 6.45) is 0. The fraction of sp³-hybridized carbons (Fsp3) is 0. The smallest absolute Gasteiger partial charge is 0.338 e. The van der Waals surface area contributed by atoms with Gasteiger partial charge in [0, 0.05) is 10.7 Å². The van der Waals surface area contributed by atoms with E-state index in [-0.39, 0.29) is 0 Å². The Morgan fingerprint density at radius 1 is 1.38 bits per heavy atom. The van der Waals surface area contributed by atoms with Crippen LogP contribution in [0.3, 0.4) is 0 Å². The number of rotatable bonds is 2. The molecule has 0 aromatic heterocycles. The van der Waals surface area contributed by atoms with Gasteiger partial charge >= 0.3 is 5.97 Å². The van der Waals surface area contributed by atoms with Crippen LogP contribution in [0.1, 0.15) is 10.4 Å². The maximum atomic E-state index is 13.2. The average molecular weight is 308 g/mol. The Bertz CT molecular complexity index is 569. The Hall–Kier alpha value is -0.560. The zero-order chi connectivity index (χ0) is 12.7. The maximum absolute atomic E-state index is 13.2. The average Bonchev–Trinajstić information content (AvgIpc) is 1.97. The Labute approximate surface area is 104 Å². The summed E-state index contributed by atoms with van der Waals surface area (Å²) in [7, 11) is 0.416. The van der Waals surface area contributed by atoms with E-state index in [0.717, 1.165) is 0 Å². The van der Waals surface area contributed by atoms with Crippen LogP contribution in [0.2, 0.25) is 10.0 Å². The maximum Gasteiger partial charge on any atom is 0.338 e. The number of carboxylic acids is 1. The molecule has 0 aliphatic rings. The largest absolute Gasteiger partial charge is 0.478 e. The van der Waals surface area contributed by atoms with Crippen LogP contribution in [0, 0.1) is 5.82 Å². The molecule has 0 atom stereocenters. The van der Waals surface area contributed by atoms with Crippen LogP contribution in [-0.4, -0.2) is 19.5 Å². The van der Waals surface area contributed by atoms with Crippen LogP contribution in [0.15, 0.2) is 11.0 Å². The quantitative estimate of drug-likeness (QED) is 0.853. The van der Waals surface area contributed by atoms with Gasteiger partial charge in [-0.3, -0.25) is 0 Å². The first-order chi connectivity index (χ1) is 7.16. The Morgan fingerprint density at radius 2 is 1.88 bits per heavy atom. The summed E-state index contributed by atoms with van der Waals surface area (Å²) >= 11 is 10.8. The van der Waals surface area contributed by atoms with Crippen molar-refractivity contribution in [3.05, 3.63) is 27.5 Å². The van der Waals surface area contributed by atoms with Gasteiger partial charge in [-0.1, -0.05) is 23.2 Å². The molecule has 0 amide bonds. The lowest BCUT2D eigenvalue weighted by atomic mass is 10.2. The lowest BCUT2D eigenvalue weighted by molar-refractivity contribution is 0.0697. The summed E-state index contributed by atoms with van der Waals surface area (Å²) in [5.74, 6) is -2.90. The number of carboxylic acid groups (broad SMARTS) is 1. The number of carbonyl (C=O) groups is 1. The van der Waals surface area contributed by atoms with Crippen LogP contribution in [-0.2, 0) is 9.05 Å². The molecule has 1 rings (SSSR count). The van der Waals surface area contributed by atoms with E-state index >= 15 is 0 Å². The van der Waals surface area contributed by atoms with Crippen LogP contribution in [0.5, 0.6) is 0 Å². The van der Waals surface area contributed by atoms with Crippen LogP contribution in [0.4, 0.5) is 4.39 Å². The van der Waals surface area contributed by atoms with Gasteiger partial charge in [0.1, 0.15) is 10.7 Å². The van der Waals surface area contributed by atoms with Gasteiger partial charge < -0.3 is 5.11 Å². The molecule has 4 nitrogen and oxygen atoms in total. The minimum Gasteiger partial charge on any atom is -0.478 e. The highest BCUT2D eigenvalue weighted by Crippen LogP contribution is 2.35. The summed E-state index contributed by atoms with van der Waals surface area (Å²) in [6, 6.07) is 0.520. The molecule has 0 bridgehead atoms. The molecule has 0 aliphatic heterocycles. The van der Waals surface area contributed by atoms with E-state index in [2.05, 4.69) is 0 Å². The molecule has 88 valence electrons. The van der Waals surface area contributed by atoms with Gasteiger partial charge in [-0.05, 0) is 6.07 Å². The van der Waals surface area contributed by atoms with E-state index in [9.17, 15) is 17.6 Å². The Kier molecular flexibility index (Phi) is 3.69. The fourth-order valence-corrected chi connectivity index (χ4v) is 3.07. The molecule has 16 heavy (non-hydrogen) atoms. The predicted octanol–water partition coefficient (Wildman–Crippen LogP) is 2.76. The van der Waals surface area contributed by atoms with Crippen molar-refractivity contribution in [2.75, 3.05) is 0 Å². The number of halogens is 4. The fourth-order valence-electron chi connectivity index (χ4n) is 0.992. The van der Waals surface area contributed by atoms with E-state index in [1.165, 1.54) is 0 Å². The number of hydrogen-bond donors (Lipinski definition) is 1. The SMILES string of the molecule is O=C(O)c1c(Cl)cc(F)c(S(=O)(=O)Cl)c1Cl. The van der Waals surface area contributed by atoms with E-state index in [1.54, 1.807) is 0 Å². The topological polar surface area (TPSA) is 71.4 Å². The molecule has 0 saturated carbocycles. The van der Waals surface area contributed by atoms with Gasteiger partial charge in [0.25, 0.3) is 9.05 Å². The molecule has 0 radical (unpaired) electrons. The van der Waals surface area contributed by atoms with E-state index < -0.39 is 41.3 Å². The van der Waals surface area contributed by atoms with Crippen LogP contribution >= 0.6 is 33.9 Å². The summed E-state index contributed by atoms with van der Waals surface area (Å²) in [5.41, 5.74) is -0.719. The van der Waals surface area contributed by atoms with Crippen LogP contribution in [0.25, 0.3) is 0 Å². The van der Waals surface area contributed by atoms with Gasteiger partial charge in [-0.2, -0.15) is 0 Å². The molecule has 0 aliphatic carbocycles. The lowest BCUT2D eigenvalue weighted by Crippen LogP contribution is -2.05. The second-order valence-corrected chi connectivity index (χ2v) is 5.89. The highest BCUT2D eigenvalue weighted by molar-refractivity contribution is 8.13. The van der Waals surface area contributed by atoms with Crippen molar-refractivity contribution in [1.29, 1.82) is 0 Å². The van der Waals surface area contributed by atoms with Gasteiger partial charge in [-0.25, -0.2) is 17.6 Å². The van der Waals surface area contributed by atoms with Crippen molar-refractivity contribution in [2.45, 2.75) is 4.90 Å². The van der Waals surface area contributed by atoms with E-state index in [1.807, 2.05) is 0 Å². The third-order valence-corrected chi connectivity index (χ3v) is 3.72. The summed E-state index contributed by atoms with van der Waals surface area (Å²) < 4.78 is 35.2. The Morgan fingerprint density at radius 3 is 2.25 bits per heavy atom. The monoisotopic (exact) mass is 306 g/mol. The van der Waals surface area contributed by atoms with Gasteiger partial charge in [0.15, 0.2) is 0 Å². The van der Waals surface area contributed by atoms with Crippen molar-refractivity contribution in [1.82, 2.24) is 0 Å². The van der Waals surface area contributed by atoms with Gasteiger partial charge in [0.2, 0.25) is 0 Å². The highest BCUT2D eigenvalue weighted by atomic mass is 35.7. The van der Waals surface area contributed by atoms with E-state index in [4.69, 9.17) is 39.0 Å². The minimum absolute atomic E-state index is 0.515. The van der Waals surface area contributed by atoms with Crippen molar-refractivity contribution in [3.63, 3.8) is 0 Å². The first-order valence-electron chi connectivity index (χ1n) is 3.51. The zero-order valence-electron chi connectivity index (χ0n) is 7.17. The molecular weight excluding hydrogens is 305 g/mol. The Balaban J connectivity index is 3.79. The molecule has 1 aromatic carbocycles. The van der Waals surface area contributed by atoms with Crippen molar-refractivity contribution in [3.8, 4) is 0 Å². The first-order valence-corrected chi connectivity index (χ1v) is 6.58. The third-order valence-electron chi connectivity index (χ3n) is 1.59. The second kappa shape index (κ2) is 4.37. The predicted molar refractivity (Wildman–Crippen MR) is 56.4 cm³/mol. The number of aromatic carboxylic acids is 1. The standard InChI is InChI=1S/C7H2Cl3FO4S/c8-2-1-3(11)6(16(10,14)15)5(9)4(2)7(12)13/h1H,(H,12,13). The minimum atomic E-state index is -4.49. The third kappa shape index (κ3) is 2.40. The summed E-state index contributed by atoms with van der Waals surface area (Å²) in [5, 5.41) is 7.33. The van der Waals surface area contributed by atoms with E-state index in [0.29, 0.717) is 6.07 Å². The van der Waals surface area contributed by atoms with Gasteiger partial charge in [-0.15, -0.1) is 0 Å². The molecule has 1 aromatic rings. The normalized spacial score (nSPS) is 11.5. The number of benzene rings is 1. The lowest BCUT2D eigenvalue weighted by Gasteiger charge is -2.07. The van der Waals surface area contributed by atoms with Crippen molar-refractivity contribution < 1.29 is 22.7 Å². The summed E-state index contributed by atoms with van der Waals surface area (Å²) in [6.45, 7) is 0. The molecule has 1 N–H and O–H groups in total. The molecule has 0 unspecified atom stereocenters. The van der Waals surface area contributed by atoms with Gasteiger partial charge in [0.05, 0.1) is 15.6 Å². The molecule has 0 fully saturated rings. The first kappa shape index (κ1) is 13.5.